The Bertz CT molecular complexity index is 642. The minimum absolute atomic E-state index is 0.337. The summed E-state index contributed by atoms with van der Waals surface area (Å²) in [7, 11) is 0. The van der Waals surface area contributed by atoms with Crippen LogP contribution in [0.25, 0.3) is 0 Å². The summed E-state index contributed by atoms with van der Waals surface area (Å²) < 4.78 is 0. The molecule has 2 aromatic rings. The van der Waals surface area contributed by atoms with E-state index in [1.54, 1.807) is 29.6 Å². The van der Waals surface area contributed by atoms with Gasteiger partial charge in [-0.3, -0.25) is 9.59 Å². The van der Waals surface area contributed by atoms with Crippen molar-refractivity contribution in [1.82, 2.24) is 10.6 Å². The van der Waals surface area contributed by atoms with Gasteiger partial charge in [0.1, 0.15) is 11.0 Å². The number of aryl methyl sites for hydroxylation is 1. The number of benzene rings is 1. The lowest BCUT2D eigenvalue weighted by Crippen LogP contribution is -2.51. The number of halogens is 2. The molecule has 0 radical (unpaired) electrons. The molecule has 0 fully saturated rings. The van der Waals surface area contributed by atoms with Crippen molar-refractivity contribution in [1.29, 1.82) is 0 Å². The maximum atomic E-state index is 12.2. The number of alkyl halides is 2. The molecule has 2 rings (SSSR count). The lowest BCUT2D eigenvalue weighted by molar-refractivity contribution is 0.0891. The fourth-order valence-corrected chi connectivity index (χ4v) is 2.59. The molecule has 4 nitrogen and oxygen atoms in total. The number of rotatable bonds is 5. The van der Waals surface area contributed by atoms with E-state index in [2.05, 4.69) is 10.6 Å². The molecule has 1 aromatic heterocycles. The summed E-state index contributed by atoms with van der Waals surface area (Å²) in [5, 5.41) is 7.01. The van der Waals surface area contributed by atoms with E-state index < -0.39 is 11.0 Å². The molecule has 0 saturated heterocycles. The summed E-state index contributed by atoms with van der Waals surface area (Å²) in [5.74, 6) is -0.696. The summed E-state index contributed by atoms with van der Waals surface area (Å²) in [5.41, 5.74) is 1.52. The van der Waals surface area contributed by atoms with E-state index in [1.807, 2.05) is 19.1 Å². The molecule has 2 N–H and O–H groups in total. The van der Waals surface area contributed by atoms with Gasteiger partial charge in [0.2, 0.25) is 0 Å². The Balaban J connectivity index is 2.04. The van der Waals surface area contributed by atoms with Crippen molar-refractivity contribution in [3.05, 3.63) is 57.8 Å². The number of amides is 2. The van der Waals surface area contributed by atoms with E-state index in [4.69, 9.17) is 23.2 Å². The molecule has 1 heterocycles. The van der Waals surface area contributed by atoms with Gasteiger partial charge in [0.05, 0.1) is 4.88 Å². The van der Waals surface area contributed by atoms with Gasteiger partial charge in [0, 0.05) is 5.56 Å². The minimum Gasteiger partial charge on any atom is -0.329 e. The van der Waals surface area contributed by atoms with E-state index >= 15 is 0 Å². The maximum Gasteiger partial charge on any atom is 0.263 e. The zero-order chi connectivity index (χ0) is 16.1. The number of nitrogens with one attached hydrogen (secondary N) is 2. The summed E-state index contributed by atoms with van der Waals surface area (Å²) in [4.78, 5) is 23.7. The molecule has 0 aliphatic carbocycles. The zero-order valence-corrected chi connectivity index (χ0v) is 14.0. The van der Waals surface area contributed by atoms with Crippen LogP contribution >= 0.6 is 34.5 Å². The monoisotopic (exact) mass is 356 g/mol. The van der Waals surface area contributed by atoms with Crippen molar-refractivity contribution in [2.75, 3.05) is 0 Å². The molecule has 2 amide bonds. The fourth-order valence-electron chi connectivity index (χ4n) is 1.71. The maximum absolute atomic E-state index is 12.2. The van der Waals surface area contributed by atoms with Gasteiger partial charge in [-0.05, 0) is 30.5 Å². The van der Waals surface area contributed by atoms with Crippen LogP contribution in [0.4, 0.5) is 0 Å². The van der Waals surface area contributed by atoms with Crippen molar-refractivity contribution in [3.8, 4) is 0 Å². The van der Waals surface area contributed by atoms with Gasteiger partial charge >= 0.3 is 0 Å². The third-order valence-electron chi connectivity index (χ3n) is 2.88. The number of hydrogen-bond acceptors (Lipinski definition) is 3. The molecule has 0 unspecified atom stereocenters. The Morgan fingerprint density at radius 2 is 1.68 bits per heavy atom. The Kier molecular flexibility index (Phi) is 5.83. The number of thiophene rings is 1. The van der Waals surface area contributed by atoms with Crippen LogP contribution in [0.15, 0.2) is 41.8 Å². The van der Waals surface area contributed by atoms with Crippen molar-refractivity contribution < 1.29 is 9.59 Å². The number of carbonyl (C=O) groups is 2. The molecule has 1 aromatic carbocycles. The lowest BCUT2D eigenvalue weighted by atomic mass is 10.1. The van der Waals surface area contributed by atoms with Gasteiger partial charge in [-0.25, -0.2) is 0 Å². The Morgan fingerprint density at radius 1 is 1.05 bits per heavy atom. The van der Waals surface area contributed by atoms with Gasteiger partial charge in [0.25, 0.3) is 11.8 Å². The van der Waals surface area contributed by atoms with Gasteiger partial charge in [-0.1, -0.05) is 23.8 Å². The van der Waals surface area contributed by atoms with E-state index in [0.717, 1.165) is 5.56 Å². The van der Waals surface area contributed by atoms with Crippen LogP contribution in [0.5, 0.6) is 0 Å². The largest absolute Gasteiger partial charge is 0.329 e. The first kappa shape index (κ1) is 16.8. The summed E-state index contributed by atoms with van der Waals surface area (Å²) >= 11 is 13.0. The highest BCUT2D eigenvalue weighted by molar-refractivity contribution is 7.12. The van der Waals surface area contributed by atoms with Gasteiger partial charge < -0.3 is 10.6 Å². The molecule has 22 heavy (non-hydrogen) atoms. The van der Waals surface area contributed by atoms with Crippen LogP contribution in [0.2, 0.25) is 0 Å². The first-order valence-corrected chi connectivity index (χ1v) is 8.22. The molecule has 116 valence electrons. The summed E-state index contributed by atoms with van der Waals surface area (Å²) in [6.07, 6.45) is -0.883. The molecule has 1 atom stereocenters. The fraction of sp³-hybridized carbons (Fsp3) is 0.200. The first-order chi connectivity index (χ1) is 10.5. The molecule has 0 bridgehead atoms. The zero-order valence-electron chi connectivity index (χ0n) is 11.7. The Labute approximate surface area is 142 Å². The van der Waals surface area contributed by atoms with Crippen molar-refractivity contribution >= 4 is 46.4 Å². The highest BCUT2D eigenvalue weighted by atomic mass is 35.5. The van der Waals surface area contributed by atoms with Gasteiger partial charge in [-0.15, -0.1) is 34.5 Å². The van der Waals surface area contributed by atoms with Crippen LogP contribution in [-0.2, 0) is 0 Å². The number of hydrogen-bond donors (Lipinski definition) is 2. The molecule has 0 spiro atoms. The highest BCUT2D eigenvalue weighted by Crippen LogP contribution is 2.12. The molecule has 0 saturated carbocycles. The molecule has 0 aliphatic heterocycles. The third kappa shape index (κ3) is 4.47. The normalized spacial score (nSPS) is 12.0. The Morgan fingerprint density at radius 3 is 2.23 bits per heavy atom. The van der Waals surface area contributed by atoms with Crippen molar-refractivity contribution in [3.63, 3.8) is 0 Å². The average molecular weight is 357 g/mol. The second-order valence-corrected chi connectivity index (χ2v) is 6.71. The predicted octanol–water partition coefficient (Wildman–Crippen LogP) is 3.35. The van der Waals surface area contributed by atoms with Crippen molar-refractivity contribution in [2.24, 2.45) is 0 Å². The third-order valence-corrected chi connectivity index (χ3v) is 4.26. The second kappa shape index (κ2) is 7.63. The molecular formula is C15H14Cl2N2O2S. The minimum atomic E-state index is -0.974. The standard InChI is InChI=1S/C15H14Cl2N2O2S/c1-9-4-6-10(7-5-9)14(20)18-13(12(16)17)19-15(21)11-3-2-8-22-11/h2-8,12-13H,1H3,(H,18,20)(H,19,21)/t13-/m1/s1. The van der Waals surface area contributed by atoms with Crippen molar-refractivity contribution in [2.45, 2.75) is 17.9 Å². The molecule has 7 heteroatoms. The average Bonchev–Trinajstić information content (AvgIpc) is 3.01. The van der Waals surface area contributed by atoms with Crippen LogP contribution in [-0.4, -0.2) is 22.8 Å². The van der Waals surface area contributed by atoms with Gasteiger partial charge in [-0.2, -0.15) is 0 Å². The van der Waals surface area contributed by atoms with Gasteiger partial charge in [0.15, 0.2) is 0 Å². The van der Waals surface area contributed by atoms with Crippen LogP contribution in [0.3, 0.4) is 0 Å². The van der Waals surface area contributed by atoms with Crippen LogP contribution in [0.1, 0.15) is 25.6 Å². The first-order valence-electron chi connectivity index (χ1n) is 6.47. The predicted molar refractivity (Wildman–Crippen MR) is 89.7 cm³/mol. The van der Waals surface area contributed by atoms with E-state index in [9.17, 15) is 9.59 Å². The van der Waals surface area contributed by atoms with Crippen LogP contribution in [0, 0.1) is 6.92 Å². The van der Waals surface area contributed by atoms with Crippen LogP contribution < -0.4 is 10.6 Å². The van der Waals surface area contributed by atoms with E-state index in [1.165, 1.54) is 11.3 Å². The summed E-state index contributed by atoms with van der Waals surface area (Å²) in [6.45, 7) is 1.93. The van der Waals surface area contributed by atoms with E-state index in [0.29, 0.717) is 10.4 Å². The SMILES string of the molecule is Cc1ccc(C(=O)N[C@H](NC(=O)c2cccs2)C(Cl)Cl)cc1. The lowest BCUT2D eigenvalue weighted by Gasteiger charge is -2.21. The highest BCUT2D eigenvalue weighted by Gasteiger charge is 2.23. The quantitative estimate of drug-likeness (QED) is 0.637. The summed E-state index contributed by atoms with van der Waals surface area (Å²) in [6, 6.07) is 10.5. The number of carbonyl (C=O) groups excluding carboxylic acids is 2. The topological polar surface area (TPSA) is 58.2 Å². The smallest absolute Gasteiger partial charge is 0.263 e. The molecule has 0 aliphatic rings. The molecular weight excluding hydrogens is 343 g/mol. The Hall–Kier alpha value is -1.56. The van der Waals surface area contributed by atoms with E-state index in [-0.39, 0.29) is 11.8 Å². The second-order valence-electron chi connectivity index (χ2n) is 4.60.